The van der Waals surface area contributed by atoms with Crippen LogP contribution in [0.1, 0.15) is 64.8 Å². The van der Waals surface area contributed by atoms with E-state index < -0.39 is 0 Å². The number of carbonyl (C=O) groups is 2. The Hall–Kier alpha value is -5.32. The minimum atomic E-state index is -0.372. The standard InChI is InChI=1S/C18H20N2O3.C17H19N3O3.2CH4/c1-3-20(18(21)22-2)15-6-7-17-16(12-15)13(8-10-23-17)11-14-5-4-9-19-14;1-3-20(17(21)22-2)14-4-5-16-15(9-14)12(6-7-23-16)8-13-10-18-11-19-13;;/h5-7,9,11-12H,3-4,8,10H2,1-2H3;4-5,8-11H,3,6-7H2,1-2H3,(H,18,19);2*1H4/b13-11+;12-8+;;. The van der Waals surface area contributed by atoms with Crippen molar-refractivity contribution in [1.29, 1.82) is 0 Å². The molecule has 0 aliphatic carbocycles. The van der Waals surface area contributed by atoms with E-state index in [4.69, 9.17) is 18.9 Å². The number of aromatic amines is 1. The zero-order valence-corrected chi connectivity index (χ0v) is 26.6. The molecular formula is C37H47N5O6. The summed E-state index contributed by atoms with van der Waals surface area (Å²) in [5.74, 6) is 1.67. The molecule has 3 aliphatic heterocycles. The van der Waals surface area contributed by atoms with Crippen molar-refractivity contribution in [3.63, 3.8) is 0 Å². The summed E-state index contributed by atoms with van der Waals surface area (Å²) in [6, 6.07) is 11.5. The number of H-pyrrole nitrogens is 1. The molecule has 6 rings (SSSR count). The van der Waals surface area contributed by atoms with E-state index in [-0.39, 0.29) is 27.0 Å². The number of aliphatic imine (C=N–C) groups is 1. The topological polar surface area (TPSA) is 119 Å². The van der Waals surface area contributed by atoms with E-state index in [0.29, 0.717) is 26.3 Å². The largest absolute Gasteiger partial charge is 0.493 e. The van der Waals surface area contributed by atoms with Gasteiger partial charge in [-0.05, 0) is 73.5 Å². The molecule has 1 aromatic heterocycles. The van der Waals surface area contributed by atoms with Crippen LogP contribution >= 0.6 is 0 Å². The summed E-state index contributed by atoms with van der Waals surface area (Å²) in [6.45, 7) is 6.20. The van der Waals surface area contributed by atoms with Crippen LogP contribution in [-0.4, -0.2) is 68.9 Å². The van der Waals surface area contributed by atoms with Crippen molar-refractivity contribution in [2.75, 3.05) is 50.3 Å². The first kappa shape index (κ1) is 37.1. The van der Waals surface area contributed by atoms with Gasteiger partial charge in [0.25, 0.3) is 0 Å². The van der Waals surface area contributed by atoms with Crippen LogP contribution in [0.2, 0.25) is 0 Å². The van der Waals surface area contributed by atoms with Crippen LogP contribution < -0.4 is 19.3 Å². The van der Waals surface area contributed by atoms with Crippen LogP contribution in [0, 0.1) is 0 Å². The number of aromatic nitrogens is 2. The van der Waals surface area contributed by atoms with E-state index in [9.17, 15) is 9.59 Å². The number of hydrogen-bond donors (Lipinski definition) is 1. The van der Waals surface area contributed by atoms with Crippen LogP contribution in [-0.2, 0) is 9.47 Å². The highest BCUT2D eigenvalue weighted by Crippen LogP contribution is 2.38. The van der Waals surface area contributed by atoms with Crippen LogP contribution in [0.3, 0.4) is 0 Å². The molecule has 0 spiro atoms. The molecule has 0 fully saturated rings. The summed E-state index contributed by atoms with van der Waals surface area (Å²) in [5.41, 5.74) is 7.86. The third kappa shape index (κ3) is 8.52. The molecular weight excluding hydrogens is 610 g/mol. The molecule has 0 unspecified atom stereocenters. The third-order valence-electron chi connectivity index (χ3n) is 7.77. The number of ether oxygens (including phenoxy) is 4. The second-order valence-corrected chi connectivity index (χ2v) is 10.5. The predicted molar refractivity (Wildman–Crippen MR) is 193 cm³/mol. The maximum absolute atomic E-state index is 11.9. The van der Waals surface area contributed by atoms with Crippen molar-refractivity contribution in [3.05, 3.63) is 83.6 Å². The Bertz CT molecular complexity index is 1680. The first-order chi connectivity index (χ1) is 22.4. The number of anilines is 2. The molecule has 0 radical (unpaired) electrons. The summed E-state index contributed by atoms with van der Waals surface area (Å²) in [4.78, 5) is 38.4. The van der Waals surface area contributed by atoms with Crippen molar-refractivity contribution in [2.45, 2.75) is 48.0 Å². The highest BCUT2D eigenvalue weighted by Gasteiger charge is 2.22. The number of rotatable bonds is 6. The molecule has 4 heterocycles. The molecule has 0 atom stereocenters. The average molecular weight is 658 g/mol. The number of amides is 2. The van der Waals surface area contributed by atoms with Gasteiger partial charge < -0.3 is 23.9 Å². The number of nitrogens with one attached hydrogen (secondary N) is 1. The first-order valence-electron chi connectivity index (χ1n) is 15.3. The Morgan fingerprint density at radius 1 is 0.854 bits per heavy atom. The highest BCUT2D eigenvalue weighted by atomic mass is 16.5. The van der Waals surface area contributed by atoms with Crippen molar-refractivity contribution < 1.29 is 28.5 Å². The van der Waals surface area contributed by atoms with Crippen LogP contribution in [0.15, 0.2) is 71.8 Å². The number of methoxy groups -OCH3 is 2. The van der Waals surface area contributed by atoms with E-state index in [1.807, 2.05) is 56.5 Å². The lowest BCUT2D eigenvalue weighted by atomic mass is 9.98. The molecule has 0 saturated heterocycles. The Morgan fingerprint density at radius 3 is 1.83 bits per heavy atom. The Labute approximate surface area is 283 Å². The van der Waals surface area contributed by atoms with Gasteiger partial charge in [-0.15, -0.1) is 0 Å². The molecule has 48 heavy (non-hydrogen) atoms. The first-order valence-corrected chi connectivity index (χ1v) is 15.3. The van der Waals surface area contributed by atoms with Crippen molar-refractivity contribution in [1.82, 2.24) is 9.97 Å². The molecule has 0 bridgehead atoms. The van der Waals surface area contributed by atoms with Gasteiger partial charge in [0.05, 0.1) is 51.3 Å². The Balaban J connectivity index is 0.000000250. The smallest absolute Gasteiger partial charge is 0.413 e. The number of nitrogens with zero attached hydrogens (tertiary/aromatic N) is 4. The van der Waals surface area contributed by atoms with Gasteiger partial charge in [-0.1, -0.05) is 20.9 Å². The Kier molecular flexibility index (Phi) is 13.6. The molecule has 0 saturated carbocycles. The van der Waals surface area contributed by atoms with Gasteiger partial charge in [0.2, 0.25) is 0 Å². The van der Waals surface area contributed by atoms with Crippen molar-refractivity contribution in [2.24, 2.45) is 4.99 Å². The van der Waals surface area contributed by atoms with E-state index in [1.165, 1.54) is 19.8 Å². The molecule has 3 aromatic rings. The zero-order valence-electron chi connectivity index (χ0n) is 26.6. The zero-order chi connectivity index (χ0) is 32.5. The van der Waals surface area contributed by atoms with Gasteiger partial charge in [-0.3, -0.25) is 14.8 Å². The second-order valence-electron chi connectivity index (χ2n) is 10.5. The van der Waals surface area contributed by atoms with E-state index >= 15 is 0 Å². The maximum Gasteiger partial charge on any atom is 0.413 e. The lowest BCUT2D eigenvalue weighted by Crippen LogP contribution is -2.30. The molecule has 256 valence electrons. The number of allylic oxidation sites excluding steroid dienone is 2. The summed E-state index contributed by atoms with van der Waals surface area (Å²) in [6.07, 6.45) is 13.4. The fourth-order valence-corrected chi connectivity index (χ4v) is 5.48. The van der Waals surface area contributed by atoms with Crippen molar-refractivity contribution >= 4 is 47.0 Å². The molecule has 3 aliphatic rings. The second kappa shape index (κ2) is 17.6. The molecule has 2 aromatic carbocycles. The minimum absolute atomic E-state index is 0. The van der Waals surface area contributed by atoms with Crippen LogP contribution in [0.25, 0.3) is 17.2 Å². The van der Waals surface area contributed by atoms with Gasteiger partial charge >= 0.3 is 12.2 Å². The number of fused-ring (bicyclic) bond motifs is 2. The summed E-state index contributed by atoms with van der Waals surface area (Å²) < 4.78 is 21.2. The fourth-order valence-electron chi connectivity index (χ4n) is 5.48. The fraction of sp³-hybridized carbons (Fsp3) is 0.351. The number of carbonyl (C=O) groups excluding carboxylic acids is 2. The Morgan fingerprint density at radius 2 is 1.40 bits per heavy atom. The molecule has 11 nitrogen and oxygen atoms in total. The van der Waals surface area contributed by atoms with Gasteiger partial charge in [0.15, 0.2) is 0 Å². The number of benzene rings is 2. The summed E-state index contributed by atoms with van der Waals surface area (Å²) in [7, 11) is 2.78. The lowest BCUT2D eigenvalue weighted by molar-refractivity contribution is 0.178. The van der Waals surface area contributed by atoms with Crippen molar-refractivity contribution in [3.8, 4) is 11.5 Å². The third-order valence-corrected chi connectivity index (χ3v) is 7.77. The van der Waals surface area contributed by atoms with E-state index in [1.54, 1.807) is 22.3 Å². The van der Waals surface area contributed by atoms with Crippen LogP contribution in [0.5, 0.6) is 11.5 Å². The number of hydrogen-bond acceptors (Lipinski definition) is 8. The van der Waals surface area contributed by atoms with Gasteiger partial charge in [-0.2, -0.15) is 0 Å². The average Bonchev–Trinajstić information content (AvgIpc) is 3.81. The van der Waals surface area contributed by atoms with E-state index in [2.05, 4.69) is 33.2 Å². The normalized spacial score (nSPS) is 15.5. The molecule has 2 amide bonds. The summed E-state index contributed by atoms with van der Waals surface area (Å²) >= 11 is 0. The molecule has 1 N–H and O–H groups in total. The van der Waals surface area contributed by atoms with Gasteiger partial charge in [0.1, 0.15) is 11.5 Å². The van der Waals surface area contributed by atoms with Gasteiger partial charge in [-0.25, -0.2) is 14.6 Å². The quantitative estimate of drug-likeness (QED) is 0.283. The minimum Gasteiger partial charge on any atom is -0.493 e. The number of imidazole rings is 1. The SMILES string of the molecule is C.C.CCN(C(=O)OC)c1ccc2c(c1)/C(=C/C1=CCC=N1)CCO2.CCN(C(=O)OC)c1ccc2c(c1)/C(=C/c1cnc[nH]1)CCO2. The maximum atomic E-state index is 11.9. The summed E-state index contributed by atoms with van der Waals surface area (Å²) in [5, 5.41) is 0. The molecule has 11 heteroatoms. The highest BCUT2D eigenvalue weighted by molar-refractivity contribution is 5.91. The lowest BCUT2D eigenvalue weighted by Gasteiger charge is -2.24. The monoisotopic (exact) mass is 657 g/mol. The van der Waals surface area contributed by atoms with Crippen LogP contribution in [0.4, 0.5) is 21.0 Å². The predicted octanol–water partition coefficient (Wildman–Crippen LogP) is 8.40. The van der Waals surface area contributed by atoms with E-state index in [0.717, 1.165) is 70.2 Å². The van der Waals surface area contributed by atoms with Gasteiger partial charge in [0, 0.05) is 61.1 Å².